The first-order valence-electron chi connectivity index (χ1n) is 8.97. The Kier molecular flexibility index (Phi) is 7.08. The van der Waals surface area contributed by atoms with E-state index in [9.17, 15) is 19.7 Å². The Hall–Kier alpha value is -3.42. The van der Waals surface area contributed by atoms with Gasteiger partial charge in [0.2, 0.25) is 0 Å². The molecule has 8 heteroatoms. The van der Waals surface area contributed by atoms with Crippen LogP contribution in [0.4, 0.5) is 11.4 Å². The van der Waals surface area contributed by atoms with Crippen molar-refractivity contribution in [1.29, 1.82) is 0 Å². The number of nitro benzene ring substituents is 1. The number of carbonyl (C=O) groups excluding carboxylic acids is 2. The van der Waals surface area contributed by atoms with Crippen LogP contribution in [0.5, 0.6) is 5.75 Å². The number of hydrogen-bond acceptors (Lipinski definition) is 5. The third kappa shape index (κ3) is 5.06. The molecule has 0 aliphatic carbocycles. The van der Waals surface area contributed by atoms with Gasteiger partial charge in [0.1, 0.15) is 0 Å². The number of amides is 2. The summed E-state index contributed by atoms with van der Waals surface area (Å²) in [7, 11) is 0. The van der Waals surface area contributed by atoms with Crippen LogP contribution < -0.4 is 10.1 Å². The SMILES string of the molecule is CCN(CC)C(=O)c1ccc(NC(=O)C(C)Oc2ccccc2[N+](=O)[O-])cc1. The predicted molar refractivity (Wildman–Crippen MR) is 106 cm³/mol. The highest BCUT2D eigenvalue weighted by molar-refractivity contribution is 5.96. The van der Waals surface area contributed by atoms with Crippen molar-refractivity contribution in [3.05, 3.63) is 64.2 Å². The fourth-order valence-electron chi connectivity index (χ4n) is 2.59. The Morgan fingerprint density at radius 1 is 1.11 bits per heavy atom. The van der Waals surface area contributed by atoms with Gasteiger partial charge in [0.05, 0.1) is 4.92 Å². The molecule has 0 aliphatic rings. The van der Waals surface area contributed by atoms with Crippen molar-refractivity contribution in [2.75, 3.05) is 18.4 Å². The molecule has 0 saturated carbocycles. The van der Waals surface area contributed by atoms with Crippen molar-refractivity contribution in [2.24, 2.45) is 0 Å². The lowest BCUT2D eigenvalue weighted by Gasteiger charge is -2.19. The Bertz CT molecular complexity index is 847. The minimum Gasteiger partial charge on any atom is -0.474 e. The normalized spacial score (nSPS) is 11.4. The van der Waals surface area contributed by atoms with Crippen LogP contribution in [-0.4, -0.2) is 40.8 Å². The van der Waals surface area contributed by atoms with Gasteiger partial charge in [-0.25, -0.2) is 0 Å². The van der Waals surface area contributed by atoms with Gasteiger partial charge >= 0.3 is 5.69 Å². The maximum Gasteiger partial charge on any atom is 0.310 e. The largest absolute Gasteiger partial charge is 0.474 e. The van der Waals surface area contributed by atoms with Gasteiger partial charge in [-0.3, -0.25) is 19.7 Å². The summed E-state index contributed by atoms with van der Waals surface area (Å²) in [4.78, 5) is 36.8. The molecule has 0 spiro atoms. The number of benzene rings is 2. The molecule has 0 fully saturated rings. The van der Waals surface area contributed by atoms with Gasteiger partial charge in [0.25, 0.3) is 11.8 Å². The van der Waals surface area contributed by atoms with Crippen LogP contribution in [0.25, 0.3) is 0 Å². The van der Waals surface area contributed by atoms with Crippen LogP contribution in [0, 0.1) is 10.1 Å². The summed E-state index contributed by atoms with van der Waals surface area (Å²) in [6, 6.07) is 12.4. The van der Waals surface area contributed by atoms with Crippen LogP contribution in [-0.2, 0) is 4.79 Å². The molecule has 1 N–H and O–H groups in total. The number of nitrogens with one attached hydrogen (secondary N) is 1. The van der Waals surface area contributed by atoms with E-state index in [1.54, 1.807) is 35.2 Å². The summed E-state index contributed by atoms with van der Waals surface area (Å²) in [6.07, 6.45) is -0.946. The van der Waals surface area contributed by atoms with Crippen molar-refractivity contribution >= 4 is 23.2 Å². The zero-order chi connectivity index (χ0) is 20.7. The minimum absolute atomic E-state index is 0.0234. The quantitative estimate of drug-likeness (QED) is 0.554. The summed E-state index contributed by atoms with van der Waals surface area (Å²) in [5, 5.41) is 13.7. The lowest BCUT2D eigenvalue weighted by Crippen LogP contribution is -2.31. The van der Waals surface area contributed by atoms with Gasteiger partial charge in [0, 0.05) is 30.4 Å². The van der Waals surface area contributed by atoms with Crippen molar-refractivity contribution in [3.8, 4) is 5.75 Å². The van der Waals surface area contributed by atoms with Crippen LogP contribution in [0.3, 0.4) is 0 Å². The van der Waals surface area contributed by atoms with E-state index in [0.717, 1.165) is 0 Å². The first-order chi connectivity index (χ1) is 13.4. The van der Waals surface area contributed by atoms with Crippen molar-refractivity contribution in [1.82, 2.24) is 4.90 Å². The van der Waals surface area contributed by atoms with Gasteiger partial charge in [-0.1, -0.05) is 12.1 Å². The maximum atomic E-state index is 12.3. The summed E-state index contributed by atoms with van der Waals surface area (Å²) < 4.78 is 5.45. The predicted octanol–water partition coefficient (Wildman–Crippen LogP) is 3.48. The molecule has 8 nitrogen and oxygen atoms in total. The number of carbonyl (C=O) groups is 2. The number of nitro groups is 1. The van der Waals surface area contributed by atoms with Gasteiger partial charge in [-0.15, -0.1) is 0 Å². The Labute approximate surface area is 163 Å². The van der Waals surface area contributed by atoms with Gasteiger partial charge in [-0.05, 0) is 51.1 Å². The zero-order valence-electron chi connectivity index (χ0n) is 16.0. The average molecular weight is 385 g/mol. The highest BCUT2D eigenvalue weighted by Crippen LogP contribution is 2.27. The Morgan fingerprint density at radius 3 is 2.29 bits per heavy atom. The lowest BCUT2D eigenvalue weighted by molar-refractivity contribution is -0.386. The van der Waals surface area contributed by atoms with Gasteiger partial charge in [-0.2, -0.15) is 0 Å². The topological polar surface area (TPSA) is 102 Å². The van der Waals surface area contributed by atoms with Crippen LogP contribution >= 0.6 is 0 Å². The summed E-state index contributed by atoms with van der Waals surface area (Å²) in [5.41, 5.74) is 0.825. The minimum atomic E-state index is -0.946. The zero-order valence-corrected chi connectivity index (χ0v) is 16.0. The van der Waals surface area contributed by atoms with E-state index in [2.05, 4.69) is 5.32 Å². The summed E-state index contributed by atoms with van der Waals surface area (Å²) in [6.45, 7) is 6.57. The molecule has 2 aromatic carbocycles. The third-order valence-electron chi connectivity index (χ3n) is 4.18. The fraction of sp³-hybridized carbons (Fsp3) is 0.300. The highest BCUT2D eigenvalue weighted by Gasteiger charge is 2.21. The molecule has 1 unspecified atom stereocenters. The van der Waals surface area contributed by atoms with E-state index in [4.69, 9.17) is 4.74 Å². The number of hydrogen-bond donors (Lipinski definition) is 1. The number of nitrogens with zero attached hydrogens (tertiary/aromatic N) is 2. The first-order valence-corrected chi connectivity index (χ1v) is 8.97. The van der Waals surface area contributed by atoms with Crippen LogP contribution in [0.15, 0.2) is 48.5 Å². The molecule has 0 bridgehead atoms. The van der Waals surface area contributed by atoms with Crippen LogP contribution in [0.2, 0.25) is 0 Å². The van der Waals surface area contributed by atoms with Gasteiger partial charge < -0.3 is 15.0 Å². The molecule has 2 rings (SSSR count). The molecule has 148 valence electrons. The number of rotatable bonds is 8. The molecule has 0 aliphatic heterocycles. The molecular weight excluding hydrogens is 362 g/mol. The number of anilines is 1. The molecule has 0 radical (unpaired) electrons. The molecule has 2 amide bonds. The van der Waals surface area contributed by atoms with Gasteiger partial charge in [0.15, 0.2) is 11.9 Å². The number of ether oxygens (including phenoxy) is 1. The van der Waals surface area contributed by atoms with E-state index in [0.29, 0.717) is 24.3 Å². The monoisotopic (exact) mass is 385 g/mol. The second-order valence-electron chi connectivity index (χ2n) is 6.03. The molecular formula is C20H23N3O5. The third-order valence-corrected chi connectivity index (χ3v) is 4.18. The van der Waals surface area contributed by atoms with Crippen molar-refractivity contribution in [3.63, 3.8) is 0 Å². The molecule has 28 heavy (non-hydrogen) atoms. The van der Waals surface area contributed by atoms with E-state index >= 15 is 0 Å². The molecule has 1 atom stereocenters. The van der Waals surface area contributed by atoms with Crippen molar-refractivity contribution in [2.45, 2.75) is 26.9 Å². The van der Waals surface area contributed by atoms with Crippen molar-refractivity contribution < 1.29 is 19.2 Å². The average Bonchev–Trinajstić information content (AvgIpc) is 2.69. The maximum absolute atomic E-state index is 12.3. The second kappa shape index (κ2) is 9.50. The molecule has 0 heterocycles. The molecule has 2 aromatic rings. The smallest absolute Gasteiger partial charge is 0.310 e. The second-order valence-corrected chi connectivity index (χ2v) is 6.03. The Morgan fingerprint density at radius 2 is 1.71 bits per heavy atom. The van der Waals surface area contributed by atoms with E-state index < -0.39 is 16.9 Å². The standard InChI is InChI=1S/C20H23N3O5/c1-4-22(5-2)20(25)15-10-12-16(13-11-15)21-19(24)14(3)28-18-9-7-6-8-17(18)23(26)27/h6-14H,4-5H2,1-3H3,(H,21,24). The van der Waals surface area contributed by atoms with E-state index in [1.807, 2.05) is 13.8 Å². The van der Waals surface area contributed by atoms with Crippen LogP contribution in [0.1, 0.15) is 31.1 Å². The lowest BCUT2D eigenvalue weighted by atomic mass is 10.1. The highest BCUT2D eigenvalue weighted by atomic mass is 16.6. The Balaban J connectivity index is 2.03. The molecule has 0 aromatic heterocycles. The summed E-state index contributed by atoms with van der Waals surface area (Å²) in [5.74, 6) is -0.507. The molecule has 0 saturated heterocycles. The number of para-hydroxylation sites is 2. The van der Waals surface area contributed by atoms with E-state index in [-0.39, 0.29) is 17.3 Å². The van der Waals surface area contributed by atoms with E-state index in [1.165, 1.54) is 25.1 Å². The fourth-order valence-corrected chi connectivity index (χ4v) is 2.59. The summed E-state index contributed by atoms with van der Waals surface area (Å²) >= 11 is 0. The first kappa shape index (κ1) is 20.9.